The Morgan fingerprint density at radius 3 is 2.71 bits per heavy atom. The van der Waals surface area contributed by atoms with Crippen LogP contribution in [0.5, 0.6) is 0 Å². The van der Waals surface area contributed by atoms with E-state index in [0.717, 1.165) is 18.2 Å². The fourth-order valence-corrected chi connectivity index (χ4v) is 2.67. The smallest absolute Gasteiger partial charge is 0.196 e. The van der Waals surface area contributed by atoms with E-state index in [-0.39, 0.29) is 18.1 Å². The van der Waals surface area contributed by atoms with Gasteiger partial charge in [-0.15, -0.1) is 0 Å². The van der Waals surface area contributed by atoms with Crippen LogP contribution in [0.15, 0.2) is 47.5 Å². The van der Waals surface area contributed by atoms with Crippen LogP contribution in [0.25, 0.3) is 0 Å². The Morgan fingerprint density at radius 1 is 1.19 bits per heavy atom. The van der Waals surface area contributed by atoms with E-state index in [4.69, 9.17) is 17.3 Å². The van der Waals surface area contributed by atoms with Gasteiger partial charge in [-0.25, -0.2) is 8.78 Å². The molecule has 0 saturated carbocycles. The van der Waals surface area contributed by atoms with Gasteiger partial charge in [0.05, 0.1) is 23.3 Å². The van der Waals surface area contributed by atoms with Gasteiger partial charge in [0.1, 0.15) is 11.6 Å². The Balaban J connectivity index is 2.07. The van der Waals surface area contributed by atoms with E-state index in [1.807, 2.05) is 0 Å². The lowest BCUT2D eigenvalue weighted by Crippen LogP contribution is -2.36. The van der Waals surface area contributed by atoms with E-state index in [2.05, 4.69) is 4.99 Å². The van der Waals surface area contributed by atoms with Crippen LogP contribution in [0.2, 0.25) is 5.02 Å². The van der Waals surface area contributed by atoms with Gasteiger partial charge in [0, 0.05) is 5.56 Å². The summed E-state index contributed by atoms with van der Waals surface area (Å²) in [7, 11) is 0. The first-order valence-electron chi connectivity index (χ1n) is 6.36. The van der Waals surface area contributed by atoms with Crippen LogP contribution in [-0.4, -0.2) is 12.5 Å². The van der Waals surface area contributed by atoms with Crippen LogP contribution in [-0.2, 0) is 0 Å². The molecule has 1 aliphatic heterocycles. The highest BCUT2D eigenvalue weighted by Crippen LogP contribution is 2.36. The maximum atomic E-state index is 14.0. The van der Waals surface area contributed by atoms with Gasteiger partial charge in [-0.05, 0) is 30.3 Å². The van der Waals surface area contributed by atoms with Crippen molar-refractivity contribution >= 4 is 23.2 Å². The summed E-state index contributed by atoms with van der Waals surface area (Å²) in [6.07, 6.45) is 0. The molecule has 1 unspecified atom stereocenters. The largest absolute Gasteiger partial charge is 0.369 e. The number of halogens is 3. The van der Waals surface area contributed by atoms with E-state index in [0.29, 0.717) is 10.7 Å². The summed E-state index contributed by atoms with van der Waals surface area (Å²) in [5.41, 5.74) is 6.72. The summed E-state index contributed by atoms with van der Waals surface area (Å²) >= 11 is 6.17. The minimum Gasteiger partial charge on any atom is -0.369 e. The first kappa shape index (κ1) is 13.8. The van der Waals surface area contributed by atoms with E-state index >= 15 is 0 Å². The van der Waals surface area contributed by atoms with Crippen molar-refractivity contribution < 1.29 is 8.78 Å². The highest BCUT2D eigenvalue weighted by atomic mass is 35.5. The molecular weight excluding hydrogens is 296 g/mol. The van der Waals surface area contributed by atoms with Crippen LogP contribution >= 0.6 is 11.6 Å². The molecule has 0 amide bonds. The molecule has 0 saturated heterocycles. The number of benzene rings is 2. The quantitative estimate of drug-likeness (QED) is 0.922. The summed E-state index contributed by atoms with van der Waals surface area (Å²) < 4.78 is 27.4. The Labute approximate surface area is 125 Å². The summed E-state index contributed by atoms with van der Waals surface area (Å²) in [6.45, 7) is 0.247. The maximum absolute atomic E-state index is 14.0. The zero-order chi connectivity index (χ0) is 15.0. The van der Waals surface area contributed by atoms with Gasteiger partial charge in [0.25, 0.3) is 0 Å². The highest BCUT2D eigenvalue weighted by Gasteiger charge is 2.32. The number of nitrogens with two attached hydrogens (primary N) is 1. The lowest BCUT2D eigenvalue weighted by atomic mass is 10.0. The van der Waals surface area contributed by atoms with Gasteiger partial charge < -0.3 is 10.6 Å². The molecule has 0 spiro atoms. The van der Waals surface area contributed by atoms with Crippen molar-refractivity contribution in [2.24, 2.45) is 10.7 Å². The van der Waals surface area contributed by atoms with E-state index < -0.39 is 17.7 Å². The van der Waals surface area contributed by atoms with E-state index in [1.165, 1.54) is 0 Å². The van der Waals surface area contributed by atoms with Crippen molar-refractivity contribution in [3.63, 3.8) is 0 Å². The highest BCUT2D eigenvalue weighted by molar-refractivity contribution is 6.33. The first-order chi connectivity index (χ1) is 10.1. The molecular formula is C15H12ClF2N3. The summed E-state index contributed by atoms with van der Waals surface area (Å²) in [4.78, 5) is 5.76. The third-order valence-corrected chi connectivity index (χ3v) is 3.73. The van der Waals surface area contributed by atoms with E-state index in [9.17, 15) is 8.78 Å². The van der Waals surface area contributed by atoms with Crippen molar-refractivity contribution in [1.29, 1.82) is 0 Å². The van der Waals surface area contributed by atoms with Gasteiger partial charge in [0.2, 0.25) is 0 Å². The molecule has 21 heavy (non-hydrogen) atoms. The first-order valence-corrected chi connectivity index (χ1v) is 6.74. The second kappa shape index (κ2) is 5.33. The minimum absolute atomic E-state index is 0.208. The molecule has 6 heteroatoms. The molecule has 3 nitrogen and oxygen atoms in total. The van der Waals surface area contributed by atoms with E-state index in [1.54, 1.807) is 29.2 Å². The summed E-state index contributed by atoms with van der Waals surface area (Å²) in [6, 6.07) is 9.89. The molecule has 1 atom stereocenters. The number of nitrogens with zero attached hydrogens (tertiary/aromatic N) is 2. The van der Waals surface area contributed by atoms with Crippen molar-refractivity contribution in [3.8, 4) is 0 Å². The third-order valence-electron chi connectivity index (χ3n) is 3.41. The maximum Gasteiger partial charge on any atom is 0.196 e. The summed E-state index contributed by atoms with van der Waals surface area (Å²) in [5, 5.41) is 0.472. The average Bonchev–Trinajstić information content (AvgIpc) is 2.84. The molecule has 2 N–H and O–H groups in total. The SMILES string of the molecule is NC1=NCC(c2cc(F)ccc2F)N1c1ccccc1Cl. The minimum atomic E-state index is -0.513. The van der Waals surface area contributed by atoms with Gasteiger partial charge in [-0.2, -0.15) is 0 Å². The number of hydrogen-bond donors (Lipinski definition) is 1. The average molecular weight is 308 g/mol. The zero-order valence-electron chi connectivity index (χ0n) is 10.9. The standard InChI is InChI=1S/C15H12ClF2N3/c16-11-3-1-2-4-13(11)21-14(8-20-15(21)19)10-7-9(17)5-6-12(10)18/h1-7,14H,8H2,(H2,19,20). The van der Waals surface area contributed by atoms with Crippen LogP contribution in [0.1, 0.15) is 11.6 Å². The topological polar surface area (TPSA) is 41.6 Å². The molecule has 0 fully saturated rings. The number of anilines is 1. The van der Waals surface area contributed by atoms with Crippen LogP contribution in [0.4, 0.5) is 14.5 Å². The van der Waals surface area contributed by atoms with Crippen molar-refractivity contribution in [2.75, 3.05) is 11.4 Å². The number of rotatable bonds is 2. The van der Waals surface area contributed by atoms with Gasteiger partial charge in [-0.3, -0.25) is 4.99 Å². The van der Waals surface area contributed by atoms with Crippen molar-refractivity contribution in [1.82, 2.24) is 0 Å². The molecule has 2 aromatic rings. The van der Waals surface area contributed by atoms with Crippen molar-refractivity contribution in [2.45, 2.75) is 6.04 Å². The fraction of sp³-hybridized carbons (Fsp3) is 0.133. The normalized spacial score (nSPS) is 18.0. The Hall–Kier alpha value is -2.14. The van der Waals surface area contributed by atoms with Crippen LogP contribution in [0, 0.1) is 11.6 Å². The fourth-order valence-electron chi connectivity index (χ4n) is 2.44. The molecule has 1 aliphatic rings. The number of guanidine groups is 1. The molecule has 2 aromatic carbocycles. The Kier molecular flexibility index (Phi) is 3.51. The lowest BCUT2D eigenvalue weighted by Gasteiger charge is -2.27. The van der Waals surface area contributed by atoms with Crippen LogP contribution in [0.3, 0.4) is 0 Å². The molecule has 1 heterocycles. The predicted molar refractivity (Wildman–Crippen MR) is 79.5 cm³/mol. The Bertz CT molecular complexity index is 718. The molecule has 108 valence electrons. The lowest BCUT2D eigenvalue weighted by molar-refractivity contribution is 0.568. The number of aliphatic imine (C=N–C) groups is 1. The second-order valence-electron chi connectivity index (χ2n) is 4.70. The molecule has 0 bridgehead atoms. The van der Waals surface area contributed by atoms with Gasteiger partial charge >= 0.3 is 0 Å². The molecule has 0 aliphatic carbocycles. The van der Waals surface area contributed by atoms with Gasteiger partial charge in [-0.1, -0.05) is 23.7 Å². The van der Waals surface area contributed by atoms with Crippen LogP contribution < -0.4 is 10.6 Å². The Morgan fingerprint density at radius 2 is 1.95 bits per heavy atom. The third kappa shape index (κ3) is 2.45. The number of hydrogen-bond acceptors (Lipinski definition) is 3. The van der Waals surface area contributed by atoms with Gasteiger partial charge in [0.15, 0.2) is 5.96 Å². The van der Waals surface area contributed by atoms with Crippen molar-refractivity contribution in [3.05, 3.63) is 64.7 Å². The zero-order valence-corrected chi connectivity index (χ0v) is 11.7. The predicted octanol–water partition coefficient (Wildman–Crippen LogP) is 3.49. The number of para-hydroxylation sites is 1. The molecule has 3 rings (SSSR count). The molecule has 0 aromatic heterocycles. The monoisotopic (exact) mass is 307 g/mol. The molecule has 0 radical (unpaired) electrons. The summed E-state index contributed by atoms with van der Waals surface area (Å²) in [5.74, 6) is -0.768. The second-order valence-corrected chi connectivity index (χ2v) is 5.11.